The van der Waals surface area contributed by atoms with Crippen LogP contribution < -0.4 is 15.5 Å². The van der Waals surface area contributed by atoms with Gasteiger partial charge in [-0.2, -0.15) is 0 Å². The summed E-state index contributed by atoms with van der Waals surface area (Å²) in [5, 5.41) is 16.4. The van der Waals surface area contributed by atoms with Crippen LogP contribution in [0.1, 0.15) is 5.56 Å². The molecule has 2 rings (SSSR count). The van der Waals surface area contributed by atoms with Crippen molar-refractivity contribution in [3.63, 3.8) is 0 Å². The molecule has 1 fully saturated rings. The number of carbonyl (C=O) groups is 1. The number of thiocarbonyl (C=S) groups is 1. The second-order valence-electron chi connectivity index (χ2n) is 4.37. The minimum atomic E-state index is -0.454. The molecule has 1 aliphatic heterocycles. The average Bonchev–Trinajstić information content (AvgIpc) is 2.67. The van der Waals surface area contributed by atoms with Gasteiger partial charge < -0.3 is 10.2 Å². The molecule has 0 atom stereocenters. The first kappa shape index (κ1) is 13.9. The van der Waals surface area contributed by atoms with Gasteiger partial charge in [-0.3, -0.25) is 20.2 Å². The molecule has 8 heteroatoms. The SMILES string of the molecule is CN(C)c1ccc(/C=C2\NC(=S)NC2=O)cc1[N+](=O)[O-]. The van der Waals surface area contributed by atoms with Crippen molar-refractivity contribution >= 4 is 40.7 Å². The first-order valence-corrected chi connectivity index (χ1v) is 6.09. The minimum absolute atomic E-state index is 0.0228. The summed E-state index contributed by atoms with van der Waals surface area (Å²) >= 11 is 4.81. The highest BCUT2D eigenvalue weighted by atomic mass is 32.1. The summed E-state index contributed by atoms with van der Waals surface area (Å²) in [5.74, 6) is -0.352. The first-order valence-electron chi connectivity index (χ1n) is 5.68. The Morgan fingerprint density at radius 2 is 2.05 bits per heavy atom. The van der Waals surface area contributed by atoms with Crippen molar-refractivity contribution in [3.05, 3.63) is 39.6 Å². The largest absolute Gasteiger partial charge is 0.372 e. The van der Waals surface area contributed by atoms with E-state index in [-0.39, 0.29) is 22.4 Å². The number of hydrogen-bond donors (Lipinski definition) is 2. The Bertz CT molecular complexity index is 640. The summed E-state index contributed by atoms with van der Waals surface area (Å²) in [6, 6.07) is 4.75. The lowest BCUT2D eigenvalue weighted by Crippen LogP contribution is -2.21. The van der Waals surface area contributed by atoms with Crippen molar-refractivity contribution in [2.75, 3.05) is 19.0 Å². The molecule has 0 unspecified atom stereocenters. The van der Waals surface area contributed by atoms with E-state index in [1.807, 2.05) is 0 Å². The number of nitrogens with zero attached hydrogens (tertiary/aromatic N) is 2. The molecule has 20 heavy (non-hydrogen) atoms. The number of nitrogens with one attached hydrogen (secondary N) is 2. The number of nitro groups is 1. The zero-order valence-corrected chi connectivity index (χ0v) is 11.7. The van der Waals surface area contributed by atoms with E-state index in [1.165, 1.54) is 12.1 Å². The maximum Gasteiger partial charge on any atom is 0.293 e. The minimum Gasteiger partial charge on any atom is -0.372 e. The Labute approximate surface area is 120 Å². The van der Waals surface area contributed by atoms with E-state index in [0.29, 0.717) is 11.3 Å². The van der Waals surface area contributed by atoms with Gasteiger partial charge in [-0.15, -0.1) is 0 Å². The number of benzene rings is 1. The number of anilines is 1. The van der Waals surface area contributed by atoms with Crippen molar-refractivity contribution in [2.45, 2.75) is 0 Å². The molecule has 1 heterocycles. The Hall–Kier alpha value is -2.48. The van der Waals surface area contributed by atoms with E-state index >= 15 is 0 Å². The quantitative estimate of drug-likeness (QED) is 0.374. The van der Waals surface area contributed by atoms with Crippen LogP contribution in [0.25, 0.3) is 6.08 Å². The monoisotopic (exact) mass is 292 g/mol. The number of amides is 1. The molecule has 2 N–H and O–H groups in total. The third-order valence-electron chi connectivity index (χ3n) is 2.71. The maximum absolute atomic E-state index is 11.5. The fourth-order valence-corrected chi connectivity index (χ4v) is 2.01. The third-order valence-corrected chi connectivity index (χ3v) is 2.91. The predicted molar refractivity (Wildman–Crippen MR) is 79.3 cm³/mol. The topological polar surface area (TPSA) is 87.5 Å². The standard InChI is InChI=1S/C12H12N4O3S/c1-15(2)9-4-3-7(6-10(9)16(18)19)5-8-11(17)14-12(20)13-8/h3-6H,1-2H3,(H2,13,14,17,20)/b8-5-. The summed E-state index contributed by atoms with van der Waals surface area (Å²) in [6.07, 6.45) is 1.51. The highest BCUT2D eigenvalue weighted by molar-refractivity contribution is 7.80. The lowest BCUT2D eigenvalue weighted by molar-refractivity contribution is -0.384. The summed E-state index contributed by atoms with van der Waals surface area (Å²) in [5.41, 5.74) is 1.29. The average molecular weight is 292 g/mol. The highest BCUT2D eigenvalue weighted by Gasteiger charge is 2.21. The van der Waals surface area contributed by atoms with Gasteiger partial charge in [-0.1, -0.05) is 6.07 Å². The molecule has 1 aliphatic rings. The van der Waals surface area contributed by atoms with Crippen LogP contribution in [0.5, 0.6) is 0 Å². The van der Waals surface area contributed by atoms with Gasteiger partial charge in [0.15, 0.2) is 5.11 Å². The van der Waals surface area contributed by atoms with Gasteiger partial charge in [0.25, 0.3) is 11.6 Å². The molecule has 0 saturated carbocycles. The number of hydrogen-bond acceptors (Lipinski definition) is 5. The van der Waals surface area contributed by atoms with Crippen LogP contribution >= 0.6 is 12.2 Å². The molecular formula is C12H12N4O3S. The predicted octanol–water partition coefficient (Wildman–Crippen LogP) is 1.01. The summed E-state index contributed by atoms with van der Waals surface area (Å²) in [4.78, 5) is 23.8. The van der Waals surface area contributed by atoms with Gasteiger partial charge in [-0.05, 0) is 29.9 Å². The third kappa shape index (κ3) is 2.75. The molecule has 0 aromatic heterocycles. The number of rotatable bonds is 3. The first-order chi connectivity index (χ1) is 9.38. The van der Waals surface area contributed by atoms with E-state index in [1.54, 1.807) is 31.1 Å². The molecule has 1 amide bonds. The summed E-state index contributed by atoms with van der Waals surface area (Å²) in [7, 11) is 3.45. The van der Waals surface area contributed by atoms with Gasteiger partial charge in [0, 0.05) is 20.2 Å². The van der Waals surface area contributed by atoms with Crippen LogP contribution in [0.4, 0.5) is 11.4 Å². The Kier molecular flexibility index (Phi) is 3.66. The van der Waals surface area contributed by atoms with Crippen molar-refractivity contribution < 1.29 is 9.72 Å². The number of carbonyl (C=O) groups excluding carboxylic acids is 1. The maximum atomic E-state index is 11.5. The molecule has 1 aromatic carbocycles. The highest BCUT2D eigenvalue weighted by Crippen LogP contribution is 2.28. The van der Waals surface area contributed by atoms with E-state index in [0.717, 1.165) is 0 Å². The summed E-state index contributed by atoms with van der Waals surface area (Å²) in [6.45, 7) is 0. The van der Waals surface area contributed by atoms with Crippen molar-refractivity contribution in [1.29, 1.82) is 0 Å². The van der Waals surface area contributed by atoms with Gasteiger partial charge >= 0.3 is 0 Å². The fraction of sp³-hybridized carbons (Fsp3) is 0.167. The van der Waals surface area contributed by atoms with Gasteiger partial charge in [0.1, 0.15) is 11.4 Å². The van der Waals surface area contributed by atoms with Crippen molar-refractivity contribution in [2.24, 2.45) is 0 Å². The van der Waals surface area contributed by atoms with Crippen LogP contribution in [-0.2, 0) is 4.79 Å². The Morgan fingerprint density at radius 1 is 1.35 bits per heavy atom. The van der Waals surface area contributed by atoms with E-state index < -0.39 is 4.92 Å². The van der Waals surface area contributed by atoms with Crippen molar-refractivity contribution in [1.82, 2.24) is 10.6 Å². The zero-order chi connectivity index (χ0) is 14.9. The van der Waals surface area contributed by atoms with Crippen LogP contribution in [0.15, 0.2) is 23.9 Å². The molecule has 1 aromatic rings. The molecule has 0 radical (unpaired) electrons. The normalized spacial score (nSPS) is 16.0. The van der Waals surface area contributed by atoms with Crippen molar-refractivity contribution in [3.8, 4) is 0 Å². The lowest BCUT2D eigenvalue weighted by atomic mass is 10.1. The van der Waals surface area contributed by atoms with Gasteiger partial charge in [-0.25, -0.2) is 0 Å². The van der Waals surface area contributed by atoms with E-state index in [2.05, 4.69) is 10.6 Å². The molecule has 1 saturated heterocycles. The van der Waals surface area contributed by atoms with Crippen LogP contribution in [0.2, 0.25) is 0 Å². The molecule has 104 valence electrons. The fourth-order valence-electron chi connectivity index (χ4n) is 1.80. The second kappa shape index (κ2) is 5.25. The molecular weight excluding hydrogens is 280 g/mol. The smallest absolute Gasteiger partial charge is 0.293 e. The Balaban J connectivity index is 2.42. The Morgan fingerprint density at radius 3 is 2.55 bits per heavy atom. The molecule has 0 spiro atoms. The lowest BCUT2D eigenvalue weighted by Gasteiger charge is -2.12. The van der Waals surface area contributed by atoms with Crippen LogP contribution in [-0.4, -0.2) is 30.0 Å². The zero-order valence-electron chi connectivity index (χ0n) is 10.8. The van der Waals surface area contributed by atoms with Gasteiger partial charge in [0.05, 0.1) is 4.92 Å². The van der Waals surface area contributed by atoms with Crippen LogP contribution in [0.3, 0.4) is 0 Å². The second-order valence-corrected chi connectivity index (χ2v) is 4.77. The molecule has 0 bridgehead atoms. The molecule has 0 aliphatic carbocycles. The number of nitro benzene ring substituents is 1. The summed E-state index contributed by atoms with van der Waals surface area (Å²) < 4.78 is 0. The van der Waals surface area contributed by atoms with Gasteiger partial charge in [0.2, 0.25) is 0 Å². The van der Waals surface area contributed by atoms with E-state index in [4.69, 9.17) is 12.2 Å². The molecule has 7 nitrogen and oxygen atoms in total. The van der Waals surface area contributed by atoms with E-state index in [9.17, 15) is 14.9 Å². The van der Waals surface area contributed by atoms with Crippen LogP contribution in [0, 0.1) is 10.1 Å².